The minimum absolute atomic E-state index is 0.0155. The zero-order chi connectivity index (χ0) is 20.0. The molecule has 0 aromatic heterocycles. The Labute approximate surface area is 162 Å². The number of hydrogen-bond acceptors (Lipinski definition) is 3. The molecule has 2 atom stereocenters. The van der Waals surface area contributed by atoms with Gasteiger partial charge in [-0.15, -0.1) is 0 Å². The Morgan fingerprint density at radius 1 is 1.30 bits per heavy atom. The second-order valence-electron chi connectivity index (χ2n) is 7.46. The van der Waals surface area contributed by atoms with E-state index in [1.807, 2.05) is 19.1 Å². The molecule has 1 aliphatic carbocycles. The highest BCUT2D eigenvalue weighted by molar-refractivity contribution is 5.54. The maximum absolute atomic E-state index is 15.3. The quantitative estimate of drug-likeness (QED) is 0.453. The van der Waals surface area contributed by atoms with Crippen LogP contribution in [-0.4, -0.2) is 25.9 Å². The molecule has 0 heterocycles. The minimum Gasteiger partial charge on any atom is -0.496 e. The Morgan fingerprint density at radius 3 is 2.59 bits per heavy atom. The minimum atomic E-state index is -0.297. The van der Waals surface area contributed by atoms with Crippen LogP contribution in [-0.2, 0) is 6.42 Å². The summed E-state index contributed by atoms with van der Waals surface area (Å²) in [6, 6.07) is 1.82. The number of allylic oxidation sites excluding steroid dienone is 2. The highest BCUT2D eigenvalue weighted by Gasteiger charge is 2.33. The van der Waals surface area contributed by atoms with Crippen molar-refractivity contribution < 1.29 is 19.0 Å². The molecule has 1 aliphatic rings. The number of benzene rings is 1. The number of halogens is 1. The highest BCUT2D eigenvalue weighted by atomic mass is 19.1. The summed E-state index contributed by atoms with van der Waals surface area (Å²) in [7, 11) is 3.12. The van der Waals surface area contributed by atoms with Gasteiger partial charge in [0.2, 0.25) is 0 Å². The van der Waals surface area contributed by atoms with E-state index in [4.69, 9.17) is 9.47 Å². The van der Waals surface area contributed by atoms with E-state index in [0.717, 1.165) is 48.8 Å². The van der Waals surface area contributed by atoms with Gasteiger partial charge in [-0.2, -0.15) is 0 Å². The average molecular weight is 377 g/mol. The summed E-state index contributed by atoms with van der Waals surface area (Å²) in [4.78, 5) is 0. The fraction of sp³-hybridized carbons (Fsp3) is 0.565. The molecule has 0 amide bonds. The first-order chi connectivity index (χ1) is 13.0. The van der Waals surface area contributed by atoms with Gasteiger partial charge < -0.3 is 14.6 Å². The van der Waals surface area contributed by atoms with E-state index in [0.29, 0.717) is 17.7 Å². The number of aliphatic hydroxyl groups is 1. The Balaban J connectivity index is 2.59. The maximum atomic E-state index is 15.3. The second kappa shape index (κ2) is 9.93. The second-order valence-corrected chi connectivity index (χ2v) is 7.46. The van der Waals surface area contributed by atoms with Gasteiger partial charge in [0.15, 0.2) is 11.6 Å². The van der Waals surface area contributed by atoms with Crippen LogP contribution in [0.5, 0.6) is 11.5 Å². The predicted molar refractivity (Wildman–Crippen MR) is 108 cm³/mol. The molecule has 2 rings (SSSR count). The molecular weight excluding hydrogens is 343 g/mol. The zero-order valence-corrected chi connectivity index (χ0v) is 17.1. The molecule has 1 aromatic carbocycles. The van der Waals surface area contributed by atoms with Gasteiger partial charge in [-0.3, -0.25) is 0 Å². The first kappa shape index (κ1) is 21.5. The summed E-state index contributed by atoms with van der Waals surface area (Å²) in [5, 5.41) is 9.63. The number of methoxy groups -OCH3 is 2. The van der Waals surface area contributed by atoms with Gasteiger partial charge in [0.25, 0.3) is 0 Å². The van der Waals surface area contributed by atoms with Gasteiger partial charge in [0.05, 0.1) is 20.8 Å². The standard InChI is InChI=1S/C23H33FO3/c1-6-7-8-9-17-13-20(26-4)21(23(27-5)22(17)24)19-12-16(14-25)10-11-18(19)15(2)3/h12-13,18-19,25H,2,6-11,14H2,1,3-5H3/t18-,19+/m0/s1. The van der Waals surface area contributed by atoms with E-state index in [1.165, 1.54) is 7.11 Å². The lowest BCUT2D eigenvalue weighted by Gasteiger charge is -2.33. The number of aliphatic hydroxyl groups excluding tert-OH is 1. The Bertz CT molecular complexity index is 693. The lowest BCUT2D eigenvalue weighted by molar-refractivity contribution is 0.312. The van der Waals surface area contributed by atoms with Crippen molar-refractivity contribution in [3.05, 3.63) is 46.8 Å². The molecule has 0 radical (unpaired) electrons. The molecule has 0 unspecified atom stereocenters. The number of ether oxygens (including phenoxy) is 2. The van der Waals surface area contributed by atoms with Crippen molar-refractivity contribution in [3.8, 4) is 11.5 Å². The molecule has 0 fully saturated rings. The van der Waals surface area contributed by atoms with Crippen LogP contribution in [0.1, 0.15) is 63.0 Å². The van der Waals surface area contributed by atoms with Crippen molar-refractivity contribution in [1.29, 1.82) is 0 Å². The van der Waals surface area contributed by atoms with Crippen molar-refractivity contribution in [1.82, 2.24) is 0 Å². The van der Waals surface area contributed by atoms with Crippen LogP contribution in [0.3, 0.4) is 0 Å². The monoisotopic (exact) mass is 376 g/mol. The third-order valence-electron chi connectivity index (χ3n) is 5.57. The summed E-state index contributed by atoms with van der Waals surface area (Å²) in [5.74, 6) is 0.643. The van der Waals surface area contributed by atoms with Crippen LogP contribution >= 0.6 is 0 Å². The molecule has 4 heteroatoms. The lowest BCUT2D eigenvalue weighted by Crippen LogP contribution is -2.20. The van der Waals surface area contributed by atoms with Gasteiger partial charge >= 0.3 is 0 Å². The fourth-order valence-electron chi connectivity index (χ4n) is 4.05. The van der Waals surface area contributed by atoms with Gasteiger partial charge in [-0.1, -0.05) is 38.0 Å². The Kier molecular flexibility index (Phi) is 7.91. The lowest BCUT2D eigenvalue weighted by atomic mass is 9.73. The third-order valence-corrected chi connectivity index (χ3v) is 5.57. The molecule has 1 N–H and O–H groups in total. The molecule has 0 saturated heterocycles. The van der Waals surface area contributed by atoms with Crippen molar-refractivity contribution in [2.75, 3.05) is 20.8 Å². The first-order valence-electron chi connectivity index (χ1n) is 9.87. The van der Waals surface area contributed by atoms with Crippen molar-refractivity contribution in [3.63, 3.8) is 0 Å². The third kappa shape index (κ3) is 4.73. The molecule has 0 aliphatic heterocycles. The Morgan fingerprint density at radius 2 is 2.04 bits per heavy atom. The van der Waals surface area contributed by atoms with Crippen molar-refractivity contribution in [2.24, 2.45) is 5.92 Å². The van der Waals surface area contributed by atoms with E-state index >= 15 is 4.39 Å². The van der Waals surface area contributed by atoms with Crippen LogP contribution < -0.4 is 9.47 Å². The van der Waals surface area contributed by atoms with Gasteiger partial charge in [0, 0.05) is 11.5 Å². The van der Waals surface area contributed by atoms with Crippen LogP contribution in [0.4, 0.5) is 4.39 Å². The predicted octanol–water partition coefficient (Wildman–Crippen LogP) is 5.56. The average Bonchev–Trinajstić information content (AvgIpc) is 2.68. The first-order valence-corrected chi connectivity index (χ1v) is 9.87. The van der Waals surface area contributed by atoms with E-state index in [-0.39, 0.29) is 30.0 Å². The van der Waals surface area contributed by atoms with Crippen LogP contribution in [0.15, 0.2) is 29.9 Å². The normalized spacial score (nSPS) is 19.6. The van der Waals surface area contributed by atoms with Gasteiger partial charge in [-0.05, 0) is 55.7 Å². The largest absolute Gasteiger partial charge is 0.496 e. The molecule has 27 heavy (non-hydrogen) atoms. The number of unbranched alkanes of at least 4 members (excludes halogenated alkanes) is 2. The van der Waals surface area contributed by atoms with E-state index in [2.05, 4.69) is 13.5 Å². The summed E-state index contributed by atoms with van der Waals surface area (Å²) in [6.45, 7) is 8.29. The molecule has 150 valence electrons. The van der Waals surface area contributed by atoms with Crippen LogP contribution in [0, 0.1) is 11.7 Å². The maximum Gasteiger partial charge on any atom is 0.168 e. The van der Waals surface area contributed by atoms with E-state index in [1.54, 1.807) is 7.11 Å². The van der Waals surface area contributed by atoms with Crippen LogP contribution in [0.25, 0.3) is 0 Å². The summed E-state index contributed by atoms with van der Waals surface area (Å²) < 4.78 is 26.5. The molecular formula is C23H33FO3. The number of hydrogen-bond donors (Lipinski definition) is 1. The topological polar surface area (TPSA) is 38.7 Å². The summed E-state index contributed by atoms with van der Waals surface area (Å²) in [5.41, 5.74) is 3.36. The van der Waals surface area contributed by atoms with E-state index in [9.17, 15) is 5.11 Å². The zero-order valence-electron chi connectivity index (χ0n) is 17.1. The van der Waals surface area contributed by atoms with Crippen molar-refractivity contribution >= 4 is 0 Å². The fourth-order valence-corrected chi connectivity index (χ4v) is 4.05. The number of aryl methyl sites for hydroxylation is 1. The van der Waals surface area contributed by atoms with Gasteiger partial charge in [0.1, 0.15) is 5.75 Å². The molecule has 3 nitrogen and oxygen atoms in total. The summed E-state index contributed by atoms with van der Waals surface area (Å²) >= 11 is 0. The van der Waals surface area contributed by atoms with E-state index < -0.39 is 0 Å². The Hall–Kier alpha value is -1.81. The summed E-state index contributed by atoms with van der Waals surface area (Å²) in [6.07, 6.45) is 7.50. The molecule has 1 aromatic rings. The molecule has 0 bridgehead atoms. The molecule has 0 saturated carbocycles. The SMILES string of the molecule is C=C(C)[C@@H]1CCC(CO)=C[C@H]1c1c(OC)cc(CCCCC)c(F)c1OC. The highest BCUT2D eigenvalue weighted by Crippen LogP contribution is 2.48. The van der Waals surface area contributed by atoms with Gasteiger partial charge in [-0.25, -0.2) is 4.39 Å². The number of rotatable bonds is 9. The smallest absolute Gasteiger partial charge is 0.168 e. The molecule has 0 spiro atoms. The van der Waals surface area contributed by atoms with Crippen molar-refractivity contribution in [2.45, 2.75) is 58.3 Å². The van der Waals surface area contributed by atoms with Crippen LogP contribution in [0.2, 0.25) is 0 Å².